The highest BCUT2D eigenvalue weighted by molar-refractivity contribution is 6.06. The van der Waals surface area contributed by atoms with Crippen molar-refractivity contribution in [3.8, 4) is 11.5 Å². The lowest BCUT2D eigenvalue weighted by Crippen LogP contribution is -2.31. The zero-order valence-electron chi connectivity index (χ0n) is 26.2. The number of anilines is 1. The van der Waals surface area contributed by atoms with Gasteiger partial charge in [-0.3, -0.25) is 24.6 Å². The molecule has 0 fully saturated rings. The molecule has 0 unspecified atom stereocenters. The number of amides is 3. The average molecular weight is 594 g/mol. The predicted molar refractivity (Wildman–Crippen MR) is 165 cm³/mol. The van der Waals surface area contributed by atoms with Crippen LogP contribution in [0.15, 0.2) is 24.3 Å². The highest BCUT2D eigenvalue weighted by Crippen LogP contribution is 2.41. The second kappa shape index (κ2) is 13.7. The number of hydrogen-bond acceptors (Lipinski definition) is 7. The molecule has 2 aromatic carbocycles. The Balaban J connectivity index is 1.96. The van der Waals surface area contributed by atoms with Crippen LogP contribution in [-0.2, 0) is 32.8 Å². The predicted octanol–water partition coefficient (Wildman–Crippen LogP) is 3.32. The first-order valence-corrected chi connectivity index (χ1v) is 14.4. The van der Waals surface area contributed by atoms with Gasteiger partial charge in [0.2, 0.25) is 17.7 Å². The monoisotopic (exact) mass is 593 g/mol. The van der Waals surface area contributed by atoms with Crippen LogP contribution in [0.5, 0.6) is 11.5 Å². The van der Waals surface area contributed by atoms with Gasteiger partial charge in [-0.2, -0.15) is 0 Å². The molecule has 4 N–H and O–H groups in total. The third kappa shape index (κ3) is 7.91. The number of primary amides is 1. The van der Waals surface area contributed by atoms with Gasteiger partial charge in [0, 0.05) is 56.2 Å². The summed E-state index contributed by atoms with van der Waals surface area (Å²) in [5.74, 6) is 0.199. The molecule has 3 rings (SSSR count). The Kier molecular flexibility index (Phi) is 10.6. The molecule has 1 aliphatic heterocycles. The second-order valence-corrected chi connectivity index (χ2v) is 11.6. The van der Waals surface area contributed by atoms with Crippen molar-refractivity contribution in [1.29, 1.82) is 5.41 Å². The van der Waals surface area contributed by atoms with E-state index in [4.69, 9.17) is 20.6 Å². The first-order valence-electron chi connectivity index (χ1n) is 14.4. The number of carbonyl (C=O) groups excluding carboxylic acids is 4. The quantitative estimate of drug-likeness (QED) is 0.238. The lowest BCUT2D eigenvalue weighted by atomic mass is 9.84. The summed E-state index contributed by atoms with van der Waals surface area (Å²) in [6, 6.07) is 7.07. The van der Waals surface area contributed by atoms with Crippen molar-refractivity contribution in [3.63, 3.8) is 0 Å². The molecule has 0 aliphatic carbocycles. The standard InChI is InChI=1S/C32H43N5O6/c1-8-42-27-15-22-17-37(31(34)23(22)12-21(27)16-29(41)35-6)18-26(39)20-13-24(32(3,4)5)30(43-11-9-10-28(33)40)25(14-20)36(7)19(2)38/h12-15,34H,8-11,16-18H2,1-7H3,(H2,33,40)(H,35,41). The van der Waals surface area contributed by atoms with Crippen LogP contribution >= 0.6 is 0 Å². The van der Waals surface area contributed by atoms with Gasteiger partial charge in [0.25, 0.3) is 0 Å². The normalized spacial score (nSPS) is 12.5. The number of hydrogen-bond donors (Lipinski definition) is 3. The fourth-order valence-corrected chi connectivity index (χ4v) is 4.88. The largest absolute Gasteiger partial charge is 0.494 e. The first kappa shape index (κ1) is 33.1. The van der Waals surface area contributed by atoms with Crippen LogP contribution in [0.2, 0.25) is 0 Å². The van der Waals surface area contributed by atoms with Gasteiger partial charge in [-0.25, -0.2) is 0 Å². The van der Waals surface area contributed by atoms with Gasteiger partial charge < -0.3 is 30.3 Å². The van der Waals surface area contributed by atoms with E-state index >= 15 is 0 Å². The maximum Gasteiger partial charge on any atom is 0.224 e. The number of amidine groups is 1. The topological polar surface area (TPSA) is 155 Å². The molecular weight excluding hydrogens is 550 g/mol. The summed E-state index contributed by atoms with van der Waals surface area (Å²) in [6.45, 7) is 10.2. The molecule has 3 amide bonds. The van der Waals surface area contributed by atoms with E-state index in [2.05, 4.69) is 5.32 Å². The number of ketones is 1. The van der Waals surface area contributed by atoms with Crippen molar-refractivity contribution >= 4 is 35.0 Å². The fraction of sp³-hybridized carbons (Fsp3) is 0.469. The van der Waals surface area contributed by atoms with Gasteiger partial charge in [-0.1, -0.05) is 20.8 Å². The van der Waals surface area contributed by atoms with Crippen molar-refractivity contribution in [2.45, 2.75) is 65.8 Å². The molecule has 43 heavy (non-hydrogen) atoms. The van der Waals surface area contributed by atoms with Crippen molar-refractivity contribution in [2.24, 2.45) is 5.73 Å². The Hall–Kier alpha value is -4.41. The molecule has 232 valence electrons. The van der Waals surface area contributed by atoms with Crippen LogP contribution in [0.1, 0.15) is 80.1 Å². The number of carbonyl (C=O) groups is 4. The summed E-state index contributed by atoms with van der Waals surface area (Å²) in [5, 5.41) is 11.4. The Labute approximate surface area is 253 Å². The summed E-state index contributed by atoms with van der Waals surface area (Å²) < 4.78 is 11.9. The number of nitrogens with one attached hydrogen (secondary N) is 2. The molecule has 0 spiro atoms. The van der Waals surface area contributed by atoms with Crippen LogP contribution in [-0.4, -0.2) is 68.1 Å². The summed E-state index contributed by atoms with van der Waals surface area (Å²) in [4.78, 5) is 52.7. The Morgan fingerprint density at radius 3 is 2.40 bits per heavy atom. The summed E-state index contributed by atoms with van der Waals surface area (Å²) in [7, 11) is 3.19. The Bertz CT molecular complexity index is 1430. The minimum absolute atomic E-state index is 0.0616. The van der Waals surface area contributed by atoms with E-state index in [9.17, 15) is 19.2 Å². The molecule has 11 nitrogen and oxygen atoms in total. The lowest BCUT2D eigenvalue weighted by Gasteiger charge is -2.29. The van der Waals surface area contributed by atoms with Crippen LogP contribution in [0.4, 0.5) is 5.69 Å². The Morgan fingerprint density at radius 1 is 1.12 bits per heavy atom. The molecule has 0 radical (unpaired) electrons. The third-order valence-corrected chi connectivity index (χ3v) is 7.33. The third-order valence-electron chi connectivity index (χ3n) is 7.33. The van der Waals surface area contributed by atoms with Crippen molar-refractivity contribution in [3.05, 3.63) is 52.1 Å². The van der Waals surface area contributed by atoms with Gasteiger partial charge in [-0.15, -0.1) is 0 Å². The molecule has 1 aliphatic rings. The van der Waals surface area contributed by atoms with E-state index in [1.165, 1.54) is 11.8 Å². The van der Waals surface area contributed by atoms with Crippen molar-refractivity contribution in [2.75, 3.05) is 38.8 Å². The van der Waals surface area contributed by atoms with Gasteiger partial charge in [0.05, 0.1) is 31.9 Å². The van der Waals surface area contributed by atoms with Crippen LogP contribution in [0.3, 0.4) is 0 Å². The summed E-state index contributed by atoms with van der Waals surface area (Å²) >= 11 is 0. The number of nitrogens with two attached hydrogens (primary N) is 1. The highest BCUT2D eigenvalue weighted by atomic mass is 16.5. The van der Waals surface area contributed by atoms with Crippen LogP contribution in [0.25, 0.3) is 0 Å². The van der Waals surface area contributed by atoms with E-state index in [0.717, 1.165) is 11.1 Å². The maximum absolute atomic E-state index is 13.8. The van der Waals surface area contributed by atoms with Crippen LogP contribution < -0.4 is 25.4 Å². The maximum atomic E-state index is 13.8. The van der Waals surface area contributed by atoms with E-state index in [1.54, 1.807) is 37.2 Å². The molecule has 0 bridgehead atoms. The smallest absolute Gasteiger partial charge is 0.224 e. The Morgan fingerprint density at radius 2 is 1.81 bits per heavy atom. The number of fused-ring (bicyclic) bond motifs is 1. The number of benzene rings is 2. The SMILES string of the molecule is CCOc1cc2c(cc1CC(=O)NC)C(=N)N(CC(=O)c1cc(N(C)C(C)=O)c(OCCCC(N)=O)c(C(C)(C)C)c1)C2. The molecule has 0 atom stereocenters. The summed E-state index contributed by atoms with van der Waals surface area (Å²) in [5.41, 5.74) is 8.57. The molecular formula is C32H43N5O6. The number of rotatable bonds is 13. The zero-order chi connectivity index (χ0) is 32.1. The zero-order valence-corrected chi connectivity index (χ0v) is 26.2. The minimum Gasteiger partial charge on any atom is -0.494 e. The molecule has 2 aromatic rings. The number of Topliss-reactive ketones (excluding diaryl/α,β-unsaturated/α-hetero) is 1. The van der Waals surface area contributed by atoms with Gasteiger partial charge in [-0.05, 0) is 48.6 Å². The van der Waals surface area contributed by atoms with Crippen LogP contribution in [0, 0.1) is 5.41 Å². The van der Waals surface area contributed by atoms with Gasteiger partial charge >= 0.3 is 0 Å². The van der Waals surface area contributed by atoms with Crippen molar-refractivity contribution < 1.29 is 28.7 Å². The van der Waals surface area contributed by atoms with E-state index in [1.807, 2.05) is 33.8 Å². The fourth-order valence-electron chi connectivity index (χ4n) is 4.88. The molecule has 0 aromatic heterocycles. The van der Waals surface area contributed by atoms with E-state index < -0.39 is 11.3 Å². The van der Waals surface area contributed by atoms with Gasteiger partial charge in [0.15, 0.2) is 5.78 Å². The molecule has 1 heterocycles. The molecule has 0 saturated heterocycles. The number of ether oxygens (including phenoxy) is 2. The van der Waals surface area contributed by atoms with Gasteiger partial charge in [0.1, 0.15) is 17.3 Å². The summed E-state index contributed by atoms with van der Waals surface area (Å²) in [6.07, 6.45) is 0.698. The minimum atomic E-state index is -0.449. The van der Waals surface area contributed by atoms with E-state index in [-0.39, 0.29) is 49.4 Å². The second-order valence-electron chi connectivity index (χ2n) is 11.6. The number of nitrogens with zero attached hydrogens (tertiary/aromatic N) is 2. The lowest BCUT2D eigenvalue weighted by molar-refractivity contribution is -0.120. The first-order chi connectivity index (χ1) is 20.2. The molecule has 0 saturated carbocycles. The van der Waals surface area contributed by atoms with Crippen molar-refractivity contribution in [1.82, 2.24) is 10.2 Å². The van der Waals surface area contributed by atoms with E-state index in [0.29, 0.717) is 53.4 Å². The number of likely N-dealkylation sites (N-methyl/N-ethyl adjacent to an activating group) is 1. The highest BCUT2D eigenvalue weighted by Gasteiger charge is 2.31. The molecule has 11 heteroatoms. The average Bonchev–Trinajstić information content (AvgIpc) is 3.23.